The third-order valence-electron chi connectivity index (χ3n) is 1.48. The maximum atomic E-state index is 11.4. The van der Waals surface area contributed by atoms with Crippen molar-refractivity contribution in [2.75, 3.05) is 13.7 Å². The van der Waals surface area contributed by atoms with Crippen LogP contribution in [0, 0.1) is 0 Å². The molecule has 3 nitrogen and oxygen atoms in total. The number of hydrogen-bond donors (Lipinski definition) is 1. The molecular formula is C9H10ClNO2S. The maximum absolute atomic E-state index is 11.4. The lowest BCUT2D eigenvalue weighted by molar-refractivity contribution is 0.0961. The van der Waals surface area contributed by atoms with Crippen LogP contribution in [0.4, 0.5) is 0 Å². The molecule has 1 rings (SSSR count). The summed E-state index contributed by atoms with van der Waals surface area (Å²) in [6, 6.07) is 1.68. The molecule has 0 aliphatic rings. The minimum Gasteiger partial charge on any atom is -0.496 e. The fraction of sp³-hybridized carbons (Fsp3) is 0.222. The molecule has 0 saturated heterocycles. The number of thiophene rings is 1. The molecule has 0 atom stereocenters. The van der Waals surface area contributed by atoms with Crippen LogP contribution < -0.4 is 10.1 Å². The van der Waals surface area contributed by atoms with E-state index in [1.807, 2.05) is 0 Å². The summed E-state index contributed by atoms with van der Waals surface area (Å²) in [7, 11) is 1.56. The Labute approximate surface area is 91.3 Å². The Hall–Kier alpha value is -1.00. The summed E-state index contributed by atoms with van der Waals surface area (Å²) in [6.07, 6.45) is 0. The molecule has 0 aliphatic heterocycles. The predicted octanol–water partition coefficient (Wildman–Crippen LogP) is 2.24. The number of methoxy groups -OCH3 is 1. The minimum absolute atomic E-state index is 0.167. The number of nitrogens with one attached hydrogen (secondary N) is 1. The van der Waals surface area contributed by atoms with Gasteiger partial charge < -0.3 is 10.1 Å². The van der Waals surface area contributed by atoms with Gasteiger partial charge in [-0.2, -0.15) is 0 Å². The number of hydrogen-bond acceptors (Lipinski definition) is 3. The molecule has 0 aliphatic carbocycles. The van der Waals surface area contributed by atoms with E-state index in [0.717, 1.165) is 0 Å². The van der Waals surface area contributed by atoms with Crippen molar-refractivity contribution in [3.05, 3.63) is 27.9 Å². The number of ether oxygens (including phenoxy) is 1. The van der Waals surface area contributed by atoms with Crippen molar-refractivity contribution in [1.82, 2.24) is 5.32 Å². The highest BCUT2D eigenvalue weighted by atomic mass is 35.5. The van der Waals surface area contributed by atoms with Gasteiger partial charge in [-0.05, 0) is 0 Å². The number of carbonyl (C=O) groups excluding carboxylic acids is 1. The summed E-state index contributed by atoms with van der Waals surface area (Å²) in [6.45, 7) is 3.75. The van der Waals surface area contributed by atoms with E-state index < -0.39 is 0 Å². The van der Waals surface area contributed by atoms with Gasteiger partial charge in [-0.3, -0.25) is 4.79 Å². The number of carbonyl (C=O) groups is 1. The quantitative estimate of drug-likeness (QED) is 0.863. The average Bonchev–Trinajstić information content (AvgIpc) is 2.62. The van der Waals surface area contributed by atoms with Gasteiger partial charge in [-0.25, -0.2) is 0 Å². The Balaban J connectivity index is 2.56. The topological polar surface area (TPSA) is 38.3 Å². The van der Waals surface area contributed by atoms with E-state index in [1.54, 1.807) is 18.6 Å². The zero-order valence-electron chi connectivity index (χ0n) is 7.67. The average molecular weight is 232 g/mol. The second kappa shape index (κ2) is 5.02. The van der Waals surface area contributed by atoms with Crippen LogP contribution in [0.5, 0.6) is 5.75 Å². The first-order chi connectivity index (χ1) is 6.63. The molecule has 5 heteroatoms. The van der Waals surface area contributed by atoms with Crippen LogP contribution in [0.25, 0.3) is 0 Å². The van der Waals surface area contributed by atoms with Gasteiger partial charge in [0.25, 0.3) is 5.91 Å². The van der Waals surface area contributed by atoms with E-state index in [4.69, 9.17) is 16.3 Å². The molecule has 1 aromatic heterocycles. The van der Waals surface area contributed by atoms with Crippen LogP contribution in [0.2, 0.25) is 0 Å². The SMILES string of the molecule is C=C(Cl)CNC(=O)c1cc(OC)cs1. The van der Waals surface area contributed by atoms with Gasteiger partial charge in [0.2, 0.25) is 0 Å². The Morgan fingerprint density at radius 1 is 1.79 bits per heavy atom. The van der Waals surface area contributed by atoms with E-state index in [1.165, 1.54) is 11.3 Å². The first kappa shape index (κ1) is 11.1. The lowest BCUT2D eigenvalue weighted by Gasteiger charge is -2.00. The number of rotatable bonds is 4. The molecule has 0 fully saturated rings. The molecule has 76 valence electrons. The number of halogens is 1. The molecule has 0 bridgehead atoms. The lowest BCUT2D eigenvalue weighted by atomic mass is 10.4. The first-order valence-electron chi connectivity index (χ1n) is 3.87. The first-order valence-corrected chi connectivity index (χ1v) is 5.13. The van der Waals surface area contributed by atoms with Crippen molar-refractivity contribution in [2.24, 2.45) is 0 Å². The van der Waals surface area contributed by atoms with Crippen molar-refractivity contribution in [3.63, 3.8) is 0 Å². The van der Waals surface area contributed by atoms with Crippen molar-refractivity contribution in [1.29, 1.82) is 0 Å². The molecule has 0 radical (unpaired) electrons. The molecule has 1 heterocycles. The summed E-state index contributed by atoms with van der Waals surface area (Å²) < 4.78 is 4.96. The molecule has 0 saturated carbocycles. The third-order valence-corrected chi connectivity index (χ3v) is 2.52. The predicted molar refractivity (Wildman–Crippen MR) is 58.2 cm³/mol. The van der Waals surface area contributed by atoms with E-state index in [9.17, 15) is 4.79 Å². The fourth-order valence-corrected chi connectivity index (χ4v) is 1.65. The highest BCUT2D eigenvalue weighted by Gasteiger charge is 2.08. The third kappa shape index (κ3) is 3.05. The lowest BCUT2D eigenvalue weighted by Crippen LogP contribution is -2.23. The van der Waals surface area contributed by atoms with E-state index in [0.29, 0.717) is 15.7 Å². The molecule has 1 N–H and O–H groups in total. The summed E-state index contributed by atoms with van der Waals surface area (Å²) in [5.74, 6) is 0.518. The van der Waals surface area contributed by atoms with Gasteiger partial charge in [-0.15, -0.1) is 11.3 Å². The second-order valence-electron chi connectivity index (χ2n) is 2.55. The number of amides is 1. The smallest absolute Gasteiger partial charge is 0.261 e. The second-order valence-corrected chi connectivity index (χ2v) is 4.00. The van der Waals surface area contributed by atoms with Gasteiger partial charge in [0.1, 0.15) is 5.75 Å². The molecule has 0 aromatic carbocycles. The van der Waals surface area contributed by atoms with Crippen LogP contribution in [-0.4, -0.2) is 19.6 Å². The van der Waals surface area contributed by atoms with Gasteiger partial charge in [0, 0.05) is 16.5 Å². The molecule has 14 heavy (non-hydrogen) atoms. The Bertz CT molecular complexity index is 348. The normalized spacial score (nSPS) is 9.57. The van der Waals surface area contributed by atoms with Crippen molar-refractivity contribution in [2.45, 2.75) is 0 Å². The van der Waals surface area contributed by atoms with Crippen LogP contribution in [0.3, 0.4) is 0 Å². The summed E-state index contributed by atoms with van der Waals surface area (Å²) >= 11 is 6.84. The van der Waals surface area contributed by atoms with E-state index in [-0.39, 0.29) is 12.5 Å². The largest absolute Gasteiger partial charge is 0.496 e. The molecular weight excluding hydrogens is 222 g/mol. The highest BCUT2D eigenvalue weighted by Crippen LogP contribution is 2.20. The van der Waals surface area contributed by atoms with Crippen molar-refractivity contribution >= 4 is 28.8 Å². The highest BCUT2D eigenvalue weighted by molar-refractivity contribution is 7.12. The van der Waals surface area contributed by atoms with Crippen LogP contribution in [0.1, 0.15) is 9.67 Å². The summed E-state index contributed by atoms with van der Waals surface area (Å²) in [5.41, 5.74) is 0. The minimum atomic E-state index is -0.167. The van der Waals surface area contributed by atoms with Crippen molar-refractivity contribution in [3.8, 4) is 5.75 Å². The summed E-state index contributed by atoms with van der Waals surface area (Å²) in [4.78, 5) is 12.0. The Morgan fingerprint density at radius 2 is 2.50 bits per heavy atom. The molecule has 1 amide bonds. The van der Waals surface area contributed by atoms with Gasteiger partial charge in [-0.1, -0.05) is 18.2 Å². The van der Waals surface area contributed by atoms with E-state index in [2.05, 4.69) is 11.9 Å². The van der Waals surface area contributed by atoms with Crippen LogP contribution in [0.15, 0.2) is 23.1 Å². The van der Waals surface area contributed by atoms with E-state index >= 15 is 0 Å². The van der Waals surface area contributed by atoms with Crippen molar-refractivity contribution < 1.29 is 9.53 Å². The van der Waals surface area contributed by atoms with Gasteiger partial charge in [0.05, 0.1) is 18.5 Å². The Morgan fingerprint density at radius 3 is 3.00 bits per heavy atom. The van der Waals surface area contributed by atoms with Gasteiger partial charge >= 0.3 is 0 Å². The monoisotopic (exact) mass is 231 g/mol. The fourth-order valence-electron chi connectivity index (χ4n) is 0.808. The maximum Gasteiger partial charge on any atom is 0.261 e. The molecule has 1 aromatic rings. The summed E-state index contributed by atoms with van der Waals surface area (Å²) in [5, 5.41) is 4.79. The van der Waals surface area contributed by atoms with Crippen LogP contribution in [-0.2, 0) is 0 Å². The molecule has 0 spiro atoms. The van der Waals surface area contributed by atoms with Gasteiger partial charge in [0.15, 0.2) is 0 Å². The zero-order chi connectivity index (χ0) is 10.6. The van der Waals surface area contributed by atoms with Crippen LogP contribution >= 0.6 is 22.9 Å². The zero-order valence-corrected chi connectivity index (χ0v) is 9.24. The molecule has 0 unspecified atom stereocenters. The Kier molecular flexibility index (Phi) is 3.98. The standard InChI is InChI=1S/C9H10ClNO2S/c1-6(10)4-11-9(12)8-3-7(13-2)5-14-8/h3,5H,1,4H2,2H3,(H,11,12).